The van der Waals surface area contributed by atoms with E-state index in [-0.39, 0.29) is 35.2 Å². The van der Waals surface area contributed by atoms with Crippen LogP contribution >= 0.6 is 15.9 Å². The summed E-state index contributed by atoms with van der Waals surface area (Å²) < 4.78 is 6.61. The molecule has 3 aliphatic heterocycles. The minimum absolute atomic E-state index is 0.137. The van der Waals surface area contributed by atoms with E-state index >= 15 is 0 Å². The number of aliphatic hydroxyl groups is 1. The zero-order chi connectivity index (χ0) is 27.8. The Hall–Kier alpha value is -2.49. The van der Waals surface area contributed by atoms with Crippen LogP contribution in [0.5, 0.6) is 0 Å². The first-order valence-corrected chi connectivity index (χ1v) is 14.1. The summed E-state index contributed by atoms with van der Waals surface area (Å²) in [7, 11) is 0. The summed E-state index contributed by atoms with van der Waals surface area (Å²) in [6.45, 7) is 13.9. The van der Waals surface area contributed by atoms with Gasteiger partial charge in [-0.05, 0) is 32.8 Å². The summed E-state index contributed by atoms with van der Waals surface area (Å²) in [5.41, 5.74) is -0.201. The van der Waals surface area contributed by atoms with Gasteiger partial charge in [0.25, 0.3) is 0 Å². The Labute approximate surface area is 233 Å². The Morgan fingerprint density at radius 2 is 1.84 bits per heavy atom. The van der Waals surface area contributed by atoms with Gasteiger partial charge in [0, 0.05) is 30.5 Å². The van der Waals surface area contributed by atoms with Gasteiger partial charge >= 0.3 is 0 Å². The standard InChI is InChI=1S/C29H38BrN3O5/c1-6-13-31(16-20-11-9-8-10-12-20)26(35)22-23-27(36)33(19(5)17-34)25(28(37)32(14-7-2)18(3)4)29(23)15-21(30)24(22)38-29/h6-12,18-19,21-25,34H,1-2,13-17H2,3-5H3/t19-,21?,22-,23+,24-,25?,29?/m1/s1. The highest BCUT2D eigenvalue weighted by Crippen LogP contribution is 2.60. The number of likely N-dealkylation sites (tertiary alicyclic amines) is 1. The minimum atomic E-state index is -1.17. The topological polar surface area (TPSA) is 90.4 Å². The second kappa shape index (κ2) is 11.3. The zero-order valence-corrected chi connectivity index (χ0v) is 23.9. The lowest BCUT2D eigenvalue weighted by molar-refractivity contribution is -0.152. The molecule has 0 aliphatic carbocycles. The number of amides is 3. The smallest absolute Gasteiger partial charge is 0.248 e. The number of carbonyl (C=O) groups excluding carboxylic acids is 3. The second-order valence-electron chi connectivity index (χ2n) is 10.8. The van der Waals surface area contributed by atoms with Gasteiger partial charge < -0.3 is 24.5 Å². The van der Waals surface area contributed by atoms with Crippen molar-refractivity contribution in [3.05, 3.63) is 61.2 Å². The van der Waals surface area contributed by atoms with Crippen molar-refractivity contribution >= 4 is 33.7 Å². The molecule has 7 atom stereocenters. The van der Waals surface area contributed by atoms with Gasteiger partial charge in [-0.2, -0.15) is 0 Å². The Balaban J connectivity index is 1.76. The van der Waals surface area contributed by atoms with Crippen molar-refractivity contribution in [2.24, 2.45) is 11.8 Å². The average molecular weight is 589 g/mol. The molecule has 3 amide bonds. The molecule has 0 saturated carbocycles. The molecule has 3 heterocycles. The fourth-order valence-corrected chi connectivity index (χ4v) is 7.39. The summed E-state index contributed by atoms with van der Waals surface area (Å²) in [6.07, 6.45) is 3.21. The monoisotopic (exact) mass is 587 g/mol. The number of ether oxygens (including phenoxy) is 1. The molecule has 3 unspecified atom stereocenters. The van der Waals surface area contributed by atoms with Crippen LogP contribution in [0, 0.1) is 11.8 Å². The third-order valence-corrected chi connectivity index (χ3v) is 8.94. The number of fused-ring (bicyclic) bond motifs is 1. The predicted molar refractivity (Wildman–Crippen MR) is 148 cm³/mol. The lowest BCUT2D eigenvalue weighted by Crippen LogP contribution is -2.59. The number of rotatable bonds is 11. The summed E-state index contributed by atoms with van der Waals surface area (Å²) in [6, 6.07) is 7.97. The van der Waals surface area contributed by atoms with Crippen molar-refractivity contribution in [1.82, 2.24) is 14.7 Å². The summed E-state index contributed by atoms with van der Waals surface area (Å²) >= 11 is 3.72. The van der Waals surface area contributed by atoms with Crippen LogP contribution in [-0.2, 0) is 25.7 Å². The molecule has 3 saturated heterocycles. The predicted octanol–water partition coefficient (Wildman–Crippen LogP) is 2.75. The number of aliphatic hydroxyl groups excluding tert-OH is 1. The van der Waals surface area contributed by atoms with Gasteiger partial charge in [-0.25, -0.2) is 0 Å². The molecular weight excluding hydrogens is 550 g/mol. The van der Waals surface area contributed by atoms with E-state index in [1.54, 1.807) is 28.9 Å². The van der Waals surface area contributed by atoms with Crippen LogP contribution in [-0.4, -0.2) is 91.9 Å². The fraction of sp³-hybridized carbons (Fsp3) is 0.552. The van der Waals surface area contributed by atoms with E-state index in [0.29, 0.717) is 26.1 Å². The van der Waals surface area contributed by atoms with Crippen molar-refractivity contribution < 1.29 is 24.2 Å². The van der Waals surface area contributed by atoms with Gasteiger partial charge in [0.15, 0.2) is 0 Å². The van der Waals surface area contributed by atoms with Crippen LogP contribution in [0.2, 0.25) is 0 Å². The third-order valence-electron chi connectivity index (χ3n) is 8.09. The van der Waals surface area contributed by atoms with Crippen LogP contribution in [0.4, 0.5) is 0 Å². The first-order chi connectivity index (χ1) is 18.1. The first-order valence-electron chi connectivity index (χ1n) is 13.2. The molecule has 0 aromatic heterocycles. The van der Waals surface area contributed by atoms with Gasteiger partial charge in [-0.1, -0.05) is 58.4 Å². The van der Waals surface area contributed by atoms with E-state index in [0.717, 1.165) is 5.56 Å². The number of nitrogens with zero attached hydrogens (tertiary/aromatic N) is 3. The lowest BCUT2D eigenvalue weighted by Gasteiger charge is -2.39. The minimum Gasteiger partial charge on any atom is -0.394 e. The normalized spacial score (nSPS) is 30.3. The van der Waals surface area contributed by atoms with Gasteiger partial charge in [-0.3, -0.25) is 14.4 Å². The highest BCUT2D eigenvalue weighted by molar-refractivity contribution is 9.09. The third kappa shape index (κ3) is 4.62. The van der Waals surface area contributed by atoms with E-state index in [1.807, 2.05) is 44.2 Å². The molecule has 2 bridgehead atoms. The Morgan fingerprint density at radius 1 is 1.18 bits per heavy atom. The average Bonchev–Trinajstić information content (AvgIpc) is 3.49. The Kier molecular flexibility index (Phi) is 8.49. The zero-order valence-electron chi connectivity index (χ0n) is 22.3. The number of hydrogen-bond donors (Lipinski definition) is 1. The van der Waals surface area contributed by atoms with Crippen molar-refractivity contribution in [3.63, 3.8) is 0 Å². The molecule has 3 fully saturated rings. The highest BCUT2D eigenvalue weighted by Gasteiger charge is 2.77. The van der Waals surface area contributed by atoms with Crippen LogP contribution < -0.4 is 0 Å². The number of carbonyl (C=O) groups is 3. The maximum Gasteiger partial charge on any atom is 0.248 e. The van der Waals surface area contributed by atoms with Crippen molar-refractivity contribution in [1.29, 1.82) is 0 Å². The van der Waals surface area contributed by atoms with Gasteiger partial charge in [0.1, 0.15) is 11.6 Å². The fourth-order valence-electron chi connectivity index (χ4n) is 6.45. The maximum absolute atomic E-state index is 14.2. The van der Waals surface area contributed by atoms with Gasteiger partial charge in [-0.15, -0.1) is 13.2 Å². The molecular formula is C29H38BrN3O5. The summed E-state index contributed by atoms with van der Waals surface area (Å²) in [5.74, 6) is -2.35. The molecule has 38 heavy (non-hydrogen) atoms. The van der Waals surface area contributed by atoms with Gasteiger partial charge in [0.05, 0.1) is 30.6 Å². The van der Waals surface area contributed by atoms with Gasteiger partial charge in [0.2, 0.25) is 17.7 Å². The quantitative estimate of drug-likeness (QED) is 0.317. The Bertz CT molecular complexity index is 1080. The first kappa shape index (κ1) is 28.5. The number of halogens is 1. The van der Waals surface area contributed by atoms with Crippen molar-refractivity contribution in [2.45, 2.75) is 68.4 Å². The largest absolute Gasteiger partial charge is 0.394 e. The molecule has 1 spiro atoms. The Morgan fingerprint density at radius 3 is 2.42 bits per heavy atom. The lowest BCUT2D eigenvalue weighted by atomic mass is 9.70. The molecule has 1 aromatic rings. The van der Waals surface area contributed by atoms with E-state index in [1.165, 1.54) is 4.90 Å². The molecule has 1 N–H and O–H groups in total. The second-order valence-corrected chi connectivity index (χ2v) is 12.0. The molecule has 9 heteroatoms. The molecule has 4 rings (SSSR count). The van der Waals surface area contributed by atoms with E-state index < -0.39 is 35.6 Å². The van der Waals surface area contributed by atoms with Crippen LogP contribution in [0.25, 0.3) is 0 Å². The number of alkyl halides is 1. The van der Waals surface area contributed by atoms with E-state index in [4.69, 9.17) is 4.74 Å². The molecule has 3 aliphatic rings. The van der Waals surface area contributed by atoms with E-state index in [2.05, 4.69) is 29.1 Å². The van der Waals surface area contributed by atoms with Crippen molar-refractivity contribution in [2.75, 3.05) is 19.7 Å². The molecule has 8 nitrogen and oxygen atoms in total. The SMILES string of the molecule is C=CCN(Cc1ccccc1)C(=O)[C@H]1[C@@H]2OC3(CC2Br)C(C(=O)N(CC=C)C(C)C)N([C@H](C)CO)C(=O)[C@H]13. The van der Waals surface area contributed by atoms with Crippen LogP contribution in [0.15, 0.2) is 55.6 Å². The molecule has 206 valence electrons. The molecule has 1 aromatic carbocycles. The molecule has 0 radical (unpaired) electrons. The van der Waals surface area contributed by atoms with Crippen molar-refractivity contribution in [3.8, 4) is 0 Å². The van der Waals surface area contributed by atoms with Crippen LogP contribution in [0.1, 0.15) is 32.8 Å². The van der Waals surface area contributed by atoms with Crippen LogP contribution in [0.3, 0.4) is 0 Å². The number of benzene rings is 1. The highest BCUT2D eigenvalue weighted by atomic mass is 79.9. The maximum atomic E-state index is 14.2. The van der Waals surface area contributed by atoms with E-state index in [9.17, 15) is 19.5 Å². The summed E-state index contributed by atoms with van der Waals surface area (Å²) in [4.78, 5) is 47.1. The number of hydrogen-bond acceptors (Lipinski definition) is 5. The summed E-state index contributed by atoms with van der Waals surface area (Å²) in [5, 5.41) is 10.1.